The summed E-state index contributed by atoms with van der Waals surface area (Å²) in [4.78, 5) is 17.2. The van der Waals surface area contributed by atoms with Crippen molar-refractivity contribution >= 4 is 27.3 Å². The Morgan fingerprint density at radius 2 is 1.78 bits per heavy atom. The van der Waals surface area contributed by atoms with Gasteiger partial charge in [0.15, 0.2) is 0 Å². The van der Waals surface area contributed by atoms with E-state index >= 15 is 0 Å². The van der Waals surface area contributed by atoms with Crippen molar-refractivity contribution in [1.29, 1.82) is 0 Å². The summed E-state index contributed by atoms with van der Waals surface area (Å²) in [5, 5.41) is 5.67. The molecule has 1 N–H and O–H groups in total. The van der Waals surface area contributed by atoms with Crippen LogP contribution >= 0.6 is 11.3 Å². The SMILES string of the molecule is Cc1ccc(-c2nc(CC(=O)NCc3ccc(S(=O)(=O)N4CCOCC4)cc3)cs2)cc1. The second-order valence-corrected chi connectivity index (χ2v) is 10.4. The number of ether oxygens (including phenoxy) is 1. The Morgan fingerprint density at radius 3 is 2.47 bits per heavy atom. The summed E-state index contributed by atoms with van der Waals surface area (Å²) in [6.07, 6.45) is 0.200. The summed E-state index contributed by atoms with van der Waals surface area (Å²) in [6, 6.07) is 14.8. The highest BCUT2D eigenvalue weighted by molar-refractivity contribution is 7.89. The largest absolute Gasteiger partial charge is 0.379 e. The lowest BCUT2D eigenvalue weighted by Crippen LogP contribution is -2.40. The van der Waals surface area contributed by atoms with Gasteiger partial charge < -0.3 is 10.1 Å². The fraction of sp³-hybridized carbons (Fsp3) is 0.304. The van der Waals surface area contributed by atoms with E-state index in [4.69, 9.17) is 4.74 Å². The van der Waals surface area contributed by atoms with E-state index in [-0.39, 0.29) is 17.2 Å². The highest BCUT2D eigenvalue weighted by Crippen LogP contribution is 2.24. The van der Waals surface area contributed by atoms with Gasteiger partial charge in [-0.05, 0) is 24.6 Å². The average molecular weight is 472 g/mol. The molecule has 1 aliphatic heterocycles. The van der Waals surface area contributed by atoms with Crippen LogP contribution in [0.3, 0.4) is 0 Å². The first-order chi connectivity index (χ1) is 15.4. The van der Waals surface area contributed by atoms with Gasteiger partial charge in [0.05, 0.1) is 30.2 Å². The van der Waals surface area contributed by atoms with Crippen molar-refractivity contribution in [3.63, 3.8) is 0 Å². The normalized spacial score (nSPS) is 14.9. The summed E-state index contributed by atoms with van der Waals surface area (Å²) < 4.78 is 32.0. The van der Waals surface area contributed by atoms with E-state index in [9.17, 15) is 13.2 Å². The maximum atomic E-state index is 12.7. The molecule has 2 aromatic carbocycles. The third-order valence-corrected chi connectivity index (χ3v) is 8.07. The number of benzene rings is 2. The Bertz CT molecular complexity index is 1170. The minimum atomic E-state index is -3.51. The van der Waals surface area contributed by atoms with E-state index in [2.05, 4.69) is 10.3 Å². The van der Waals surface area contributed by atoms with Crippen molar-refractivity contribution in [3.8, 4) is 10.6 Å². The van der Waals surface area contributed by atoms with Crippen molar-refractivity contribution < 1.29 is 17.9 Å². The first kappa shape index (κ1) is 22.6. The van der Waals surface area contributed by atoms with E-state index in [0.29, 0.717) is 32.8 Å². The number of aromatic nitrogens is 1. The Labute approximate surface area is 192 Å². The van der Waals surface area contributed by atoms with Crippen molar-refractivity contribution in [2.24, 2.45) is 0 Å². The first-order valence-electron chi connectivity index (χ1n) is 10.4. The fourth-order valence-electron chi connectivity index (χ4n) is 3.36. The van der Waals surface area contributed by atoms with Gasteiger partial charge >= 0.3 is 0 Å². The van der Waals surface area contributed by atoms with Crippen molar-refractivity contribution in [3.05, 3.63) is 70.7 Å². The van der Waals surface area contributed by atoms with E-state index in [1.165, 1.54) is 21.2 Å². The lowest BCUT2D eigenvalue weighted by Gasteiger charge is -2.26. The van der Waals surface area contributed by atoms with Crippen LogP contribution in [0.15, 0.2) is 58.8 Å². The fourth-order valence-corrected chi connectivity index (χ4v) is 5.59. The second-order valence-electron chi connectivity index (χ2n) is 7.62. The van der Waals surface area contributed by atoms with Crippen LogP contribution in [0.2, 0.25) is 0 Å². The number of carbonyl (C=O) groups excluding carboxylic acids is 1. The van der Waals surface area contributed by atoms with Crippen LogP contribution in [-0.4, -0.2) is 49.9 Å². The number of amides is 1. The van der Waals surface area contributed by atoms with Crippen LogP contribution in [0, 0.1) is 6.92 Å². The predicted molar refractivity (Wildman–Crippen MR) is 124 cm³/mol. The average Bonchev–Trinajstić information content (AvgIpc) is 3.27. The third-order valence-electron chi connectivity index (χ3n) is 5.21. The van der Waals surface area contributed by atoms with Crippen LogP contribution < -0.4 is 5.32 Å². The summed E-state index contributed by atoms with van der Waals surface area (Å²) in [5.74, 6) is -0.129. The molecule has 1 aromatic heterocycles. The van der Waals surface area contributed by atoms with Crippen LogP contribution in [0.4, 0.5) is 0 Å². The molecule has 168 valence electrons. The Kier molecular flexibility index (Phi) is 7.00. The molecule has 0 saturated carbocycles. The second kappa shape index (κ2) is 9.91. The summed E-state index contributed by atoms with van der Waals surface area (Å²) in [5.41, 5.74) is 3.80. The molecule has 2 heterocycles. The quantitative estimate of drug-likeness (QED) is 0.572. The number of nitrogens with one attached hydrogen (secondary N) is 1. The number of morpholine rings is 1. The van der Waals surface area contributed by atoms with Gasteiger partial charge in [0.1, 0.15) is 5.01 Å². The predicted octanol–water partition coefficient (Wildman–Crippen LogP) is 3.00. The number of aryl methyl sites for hydroxylation is 1. The Balaban J connectivity index is 1.31. The minimum absolute atomic E-state index is 0.129. The molecule has 1 fully saturated rings. The molecule has 0 atom stereocenters. The molecule has 4 rings (SSSR count). The molecular weight excluding hydrogens is 446 g/mol. The monoisotopic (exact) mass is 471 g/mol. The minimum Gasteiger partial charge on any atom is -0.379 e. The lowest BCUT2D eigenvalue weighted by atomic mass is 10.2. The topological polar surface area (TPSA) is 88.6 Å². The molecule has 1 aliphatic rings. The molecule has 3 aromatic rings. The van der Waals surface area contributed by atoms with Gasteiger partial charge in [-0.2, -0.15) is 4.31 Å². The van der Waals surface area contributed by atoms with Crippen molar-refractivity contribution in [2.75, 3.05) is 26.3 Å². The molecule has 32 heavy (non-hydrogen) atoms. The number of hydrogen-bond acceptors (Lipinski definition) is 6. The van der Waals surface area contributed by atoms with Crippen LogP contribution in [-0.2, 0) is 32.5 Å². The van der Waals surface area contributed by atoms with Gasteiger partial charge in [0.25, 0.3) is 0 Å². The molecule has 1 amide bonds. The van der Waals surface area contributed by atoms with Crippen LogP contribution in [0.5, 0.6) is 0 Å². The van der Waals surface area contributed by atoms with Crippen molar-refractivity contribution in [1.82, 2.24) is 14.6 Å². The van der Waals surface area contributed by atoms with Gasteiger partial charge in [-0.15, -0.1) is 11.3 Å². The van der Waals surface area contributed by atoms with Crippen LogP contribution in [0.25, 0.3) is 10.6 Å². The van der Waals surface area contributed by atoms with Gasteiger partial charge in [0, 0.05) is 30.6 Å². The Morgan fingerprint density at radius 1 is 1.09 bits per heavy atom. The lowest BCUT2D eigenvalue weighted by molar-refractivity contribution is -0.120. The standard InChI is InChI=1S/C23H25N3O4S2/c1-17-2-6-19(7-3-17)23-25-20(16-31-23)14-22(27)24-15-18-4-8-21(9-5-18)32(28,29)26-10-12-30-13-11-26/h2-9,16H,10-15H2,1H3,(H,24,27). The number of sulfonamides is 1. The molecule has 0 aliphatic carbocycles. The number of rotatable bonds is 7. The molecule has 1 saturated heterocycles. The number of carbonyl (C=O) groups is 1. The van der Waals surface area contributed by atoms with Gasteiger partial charge in [0.2, 0.25) is 15.9 Å². The van der Waals surface area contributed by atoms with Crippen LogP contribution in [0.1, 0.15) is 16.8 Å². The number of hydrogen-bond donors (Lipinski definition) is 1. The molecule has 0 radical (unpaired) electrons. The first-order valence-corrected chi connectivity index (χ1v) is 12.7. The molecular formula is C23H25N3O4S2. The summed E-state index contributed by atoms with van der Waals surface area (Å²) >= 11 is 1.52. The van der Waals surface area contributed by atoms with E-state index in [0.717, 1.165) is 21.8 Å². The van der Waals surface area contributed by atoms with Gasteiger partial charge in [-0.25, -0.2) is 13.4 Å². The molecule has 0 bridgehead atoms. The highest BCUT2D eigenvalue weighted by Gasteiger charge is 2.26. The zero-order valence-corrected chi connectivity index (χ0v) is 19.4. The van der Waals surface area contributed by atoms with E-state index in [1.807, 2.05) is 36.6 Å². The highest BCUT2D eigenvalue weighted by atomic mass is 32.2. The maximum absolute atomic E-state index is 12.7. The van der Waals surface area contributed by atoms with E-state index < -0.39 is 10.0 Å². The molecule has 9 heteroatoms. The molecule has 7 nitrogen and oxygen atoms in total. The van der Waals surface area contributed by atoms with Gasteiger partial charge in [-0.1, -0.05) is 42.0 Å². The third kappa shape index (κ3) is 5.42. The van der Waals surface area contributed by atoms with E-state index in [1.54, 1.807) is 24.3 Å². The zero-order valence-electron chi connectivity index (χ0n) is 17.8. The Hall–Kier alpha value is -2.59. The molecule has 0 unspecified atom stereocenters. The zero-order chi connectivity index (χ0) is 22.6. The summed E-state index contributed by atoms with van der Waals surface area (Å²) in [6.45, 7) is 3.91. The van der Waals surface area contributed by atoms with Crippen molar-refractivity contribution in [2.45, 2.75) is 24.8 Å². The van der Waals surface area contributed by atoms with Gasteiger partial charge in [-0.3, -0.25) is 4.79 Å². The molecule has 0 spiro atoms. The maximum Gasteiger partial charge on any atom is 0.243 e. The smallest absolute Gasteiger partial charge is 0.243 e. The summed E-state index contributed by atoms with van der Waals surface area (Å²) in [7, 11) is -3.51. The number of thiazole rings is 1. The number of nitrogens with zero attached hydrogens (tertiary/aromatic N) is 2.